The highest BCUT2D eigenvalue weighted by atomic mass is 79.9. The summed E-state index contributed by atoms with van der Waals surface area (Å²) in [5.74, 6) is 0.249. The molecule has 12 nitrogen and oxygen atoms in total. The fourth-order valence-electron chi connectivity index (χ4n) is 5.18. The number of ether oxygens (including phenoxy) is 3. The van der Waals surface area contributed by atoms with E-state index in [0.717, 1.165) is 36.6 Å². The van der Waals surface area contributed by atoms with E-state index in [0.29, 0.717) is 48.6 Å². The van der Waals surface area contributed by atoms with E-state index in [1.807, 2.05) is 6.07 Å². The Hall–Kier alpha value is -3.84. The van der Waals surface area contributed by atoms with Crippen molar-refractivity contribution in [2.75, 3.05) is 40.0 Å². The lowest BCUT2D eigenvalue weighted by Gasteiger charge is -2.26. The number of amides is 1. The third-order valence-corrected chi connectivity index (χ3v) is 7.80. The van der Waals surface area contributed by atoms with Gasteiger partial charge in [0.2, 0.25) is 5.75 Å². The summed E-state index contributed by atoms with van der Waals surface area (Å²) < 4.78 is 18.3. The standard InChI is InChI=1S/C28H30BrN5O7/c1-39-24-14-18(13-23(34(37)38)26(24)41-17-25(35)32-9-11-40-12-10-32)16-30-33-27(19-5-3-2-4-6-19)31-22-8-7-20(29)15-21(22)28(33)36/h7-8,13-16,19H,2-6,9-12,17H2,1H3. The zero-order valence-electron chi connectivity index (χ0n) is 22.6. The quantitative estimate of drug-likeness (QED) is 0.205. The molecule has 0 spiro atoms. The number of morpholine rings is 1. The Balaban J connectivity index is 1.50. The number of rotatable bonds is 8. The number of halogens is 1. The van der Waals surface area contributed by atoms with Crippen molar-refractivity contribution in [3.63, 3.8) is 0 Å². The van der Waals surface area contributed by atoms with Gasteiger partial charge >= 0.3 is 5.69 Å². The molecule has 5 rings (SSSR count). The number of hydrogen-bond donors (Lipinski definition) is 0. The van der Waals surface area contributed by atoms with E-state index >= 15 is 0 Å². The molecular formula is C28H30BrN5O7. The predicted octanol–water partition coefficient (Wildman–Crippen LogP) is 4.24. The van der Waals surface area contributed by atoms with E-state index in [4.69, 9.17) is 19.2 Å². The van der Waals surface area contributed by atoms with Crippen LogP contribution in [0.1, 0.15) is 49.4 Å². The SMILES string of the molecule is COc1cc(C=Nn2c(C3CCCCC3)nc3ccc(Br)cc3c2=O)cc([N+](=O)[O-])c1OCC(=O)N1CCOCC1. The number of hydrogen-bond acceptors (Lipinski definition) is 9. The number of nitro benzene ring substituents is 1. The highest BCUT2D eigenvalue weighted by Crippen LogP contribution is 2.38. The third-order valence-electron chi connectivity index (χ3n) is 7.30. The Labute approximate surface area is 244 Å². The first-order valence-corrected chi connectivity index (χ1v) is 14.3. The van der Waals surface area contributed by atoms with Gasteiger partial charge in [-0.15, -0.1) is 0 Å². The van der Waals surface area contributed by atoms with Crippen molar-refractivity contribution in [1.29, 1.82) is 0 Å². The predicted molar refractivity (Wildman–Crippen MR) is 155 cm³/mol. The summed E-state index contributed by atoms with van der Waals surface area (Å²) in [4.78, 5) is 43.9. The third kappa shape index (κ3) is 6.41. The normalized spacial score (nSPS) is 16.3. The molecule has 41 heavy (non-hydrogen) atoms. The Bertz CT molecular complexity index is 1550. The molecule has 1 saturated carbocycles. The van der Waals surface area contributed by atoms with E-state index in [9.17, 15) is 19.7 Å². The zero-order chi connectivity index (χ0) is 28.9. The average molecular weight is 628 g/mol. The van der Waals surface area contributed by atoms with Gasteiger partial charge < -0.3 is 19.1 Å². The molecule has 1 amide bonds. The lowest BCUT2D eigenvalue weighted by molar-refractivity contribution is -0.385. The maximum absolute atomic E-state index is 13.6. The topological polar surface area (TPSA) is 138 Å². The molecule has 1 aliphatic heterocycles. The van der Waals surface area contributed by atoms with Gasteiger partial charge in [-0.1, -0.05) is 35.2 Å². The van der Waals surface area contributed by atoms with E-state index in [1.165, 1.54) is 30.1 Å². The van der Waals surface area contributed by atoms with Crippen LogP contribution in [-0.4, -0.2) is 71.6 Å². The van der Waals surface area contributed by atoms with Crippen LogP contribution in [0.4, 0.5) is 5.69 Å². The van der Waals surface area contributed by atoms with Crippen molar-refractivity contribution >= 4 is 44.6 Å². The van der Waals surface area contributed by atoms with Gasteiger partial charge in [-0.05, 0) is 37.1 Å². The Morgan fingerprint density at radius 3 is 2.68 bits per heavy atom. The van der Waals surface area contributed by atoms with Crippen LogP contribution in [0.15, 0.2) is 44.7 Å². The van der Waals surface area contributed by atoms with E-state index < -0.39 is 4.92 Å². The maximum atomic E-state index is 13.6. The first kappa shape index (κ1) is 28.7. The number of aromatic nitrogens is 2. The fourth-order valence-corrected chi connectivity index (χ4v) is 5.54. The zero-order valence-corrected chi connectivity index (χ0v) is 24.2. The number of benzene rings is 2. The molecule has 1 aromatic heterocycles. The molecule has 0 unspecified atom stereocenters. The molecule has 216 valence electrons. The molecule has 0 N–H and O–H groups in total. The number of fused-ring (bicyclic) bond motifs is 1. The molecule has 1 aliphatic carbocycles. The monoisotopic (exact) mass is 627 g/mol. The highest BCUT2D eigenvalue weighted by Gasteiger charge is 2.26. The summed E-state index contributed by atoms with van der Waals surface area (Å²) in [5.41, 5.74) is 0.198. The smallest absolute Gasteiger partial charge is 0.315 e. The van der Waals surface area contributed by atoms with Crippen LogP contribution in [0.2, 0.25) is 0 Å². The molecule has 1 saturated heterocycles. The van der Waals surface area contributed by atoms with Gasteiger partial charge in [0.15, 0.2) is 12.4 Å². The lowest BCUT2D eigenvalue weighted by Crippen LogP contribution is -2.43. The first-order valence-electron chi connectivity index (χ1n) is 13.5. The van der Waals surface area contributed by atoms with Gasteiger partial charge in [0.25, 0.3) is 11.5 Å². The number of nitro groups is 1. The lowest BCUT2D eigenvalue weighted by atomic mass is 9.88. The Morgan fingerprint density at radius 1 is 1.22 bits per heavy atom. The van der Waals surface area contributed by atoms with Crippen molar-refractivity contribution in [2.24, 2.45) is 5.10 Å². The van der Waals surface area contributed by atoms with E-state index in [2.05, 4.69) is 21.0 Å². The van der Waals surface area contributed by atoms with Crippen molar-refractivity contribution in [3.8, 4) is 11.5 Å². The Morgan fingerprint density at radius 2 is 1.98 bits per heavy atom. The molecule has 0 atom stereocenters. The van der Waals surface area contributed by atoms with Gasteiger partial charge in [0.05, 0.1) is 42.4 Å². The van der Waals surface area contributed by atoms with Crippen molar-refractivity contribution in [1.82, 2.24) is 14.6 Å². The van der Waals surface area contributed by atoms with Gasteiger partial charge in [-0.2, -0.15) is 9.78 Å². The Kier molecular flexibility index (Phi) is 8.93. The van der Waals surface area contributed by atoms with Gasteiger partial charge in [-0.25, -0.2) is 4.98 Å². The summed E-state index contributed by atoms with van der Waals surface area (Å²) in [5, 5.41) is 16.9. The molecular weight excluding hydrogens is 598 g/mol. The summed E-state index contributed by atoms with van der Waals surface area (Å²) in [6, 6.07) is 8.15. The minimum Gasteiger partial charge on any atom is -0.493 e. The van der Waals surface area contributed by atoms with Crippen LogP contribution in [0.5, 0.6) is 11.5 Å². The largest absolute Gasteiger partial charge is 0.493 e. The second kappa shape index (κ2) is 12.8. The first-order chi connectivity index (χ1) is 19.9. The summed E-state index contributed by atoms with van der Waals surface area (Å²) in [6.07, 6.45) is 6.40. The van der Waals surface area contributed by atoms with Crippen molar-refractivity contribution < 1.29 is 23.9 Å². The van der Waals surface area contributed by atoms with E-state index in [-0.39, 0.29) is 41.2 Å². The number of nitrogens with zero attached hydrogens (tertiary/aromatic N) is 5. The van der Waals surface area contributed by atoms with Crippen molar-refractivity contribution in [3.05, 3.63) is 66.7 Å². The maximum Gasteiger partial charge on any atom is 0.315 e. The fraction of sp³-hybridized carbons (Fsp3) is 0.429. The highest BCUT2D eigenvalue weighted by molar-refractivity contribution is 9.10. The molecule has 2 aliphatic rings. The molecule has 13 heteroatoms. The molecule has 0 bridgehead atoms. The van der Waals surface area contributed by atoms with Crippen LogP contribution in [0.3, 0.4) is 0 Å². The molecule has 3 aromatic rings. The number of methoxy groups -OCH3 is 1. The van der Waals surface area contributed by atoms with Crippen LogP contribution in [-0.2, 0) is 9.53 Å². The summed E-state index contributed by atoms with van der Waals surface area (Å²) >= 11 is 3.42. The molecule has 2 heterocycles. The number of carbonyl (C=O) groups is 1. The minimum atomic E-state index is -0.608. The molecule has 0 radical (unpaired) electrons. The van der Waals surface area contributed by atoms with Crippen LogP contribution in [0.25, 0.3) is 10.9 Å². The van der Waals surface area contributed by atoms with Crippen LogP contribution >= 0.6 is 15.9 Å². The van der Waals surface area contributed by atoms with E-state index in [1.54, 1.807) is 17.0 Å². The van der Waals surface area contributed by atoms with Crippen LogP contribution < -0.4 is 15.0 Å². The van der Waals surface area contributed by atoms with Gasteiger partial charge in [0, 0.05) is 35.1 Å². The second-order valence-electron chi connectivity index (χ2n) is 9.94. The van der Waals surface area contributed by atoms with Gasteiger partial charge in [0.1, 0.15) is 5.82 Å². The minimum absolute atomic E-state index is 0.0656. The summed E-state index contributed by atoms with van der Waals surface area (Å²) in [7, 11) is 1.35. The van der Waals surface area contributed by atoms with Gasteiger partial charge in [-0.3, -0.25) is 19.7 Å². The average Bonchev–Trinajstić information content (AvgIpc) is 3.00. The summed E-state index contributed by atoms with van der Waals surface area (Å²) in [6.45, 7) is 1.33. The molecule has 2 aromatic carbocycles. The van der Waals surface area contributed by atoms with Crippen molar-refractivity contribution in [2.45, 2.75) is 38.0 Å². The molecule has 2 fully saturated rings. The second-order valence-corrected chi connectivity index (χ2v) is 10.9. The van der Waals surface area contributed by atoms with Crippen LogP contribution in [0, 0.1) is 10.1 Å². The number of carbonyl (C=O) groups excluding carboxylic acids is 1.